The average Bonchev–Trinajstić information content (AvgIpc) is 2.54. The van der Waals surface area contributed by atoms with Gasteiger partial charge in [-0.15, -0.1) is 0 Å². The zero-order valence-electron chi connectivity index (χ0n) is 12.3. The van der Waals surface area contributed by atoms with Crippen LogP contribution in [0.2, 0.25) is 0 Å². The van der Waals surface area contributed by atoms with Crippen molar-refractivity contribution in [2.24, 2.45) is 0 Å². The Balaban J connectivity index is 2.11. The number of ether oxygens (including phenoxy) is 3. The van der Waals surface area contributed by atoms with Crippen molar-refractivity contribution in [3.05, 3.63) is 53.0 Å². The first-order chi connectivity index (χ1) is 10.5. The molecule has 0 saturated heterocycles. The molecule has 0 unspecified atom stereocenters. The van der Waals surface area contributed by atoms with Gasteiger partial charge in [0.05, 0.1) is 19.8 Å². The zero-order chi connectivity index (χ0) is 16.1. The van der Waals surface area contributed by atoms with Crippen LogP contribution in [0.4, 0.5) is 0 Å². The summed E-state index contributed by atoms with van der Waals surface area (Å²) in [5, 5.41) is 8.82. The van der Waals surface area contributed by atoms with Crippen molar-refractivity contribution in [2.75, 3.05) is 14.2 Å². The van der Waals surface area contributed by atoms with Crippen LogP contribution in [0.1, 0.15) is 23.2 Å². The number of benzene rings is 1. The molecule has 2 rings (SSSR count). The van der Waals surface area contributed by atoms with Gasteiger partial charge in [-0.2, -0.15) is 0 Å². The summed E-state index contributed by atoms with van der Waals surface area (Å²) in [6.45, 7) is 0. The second kappa shape index (κ2) is 6.80. The monoisotopic (exact) mass is 304 g/mol. The SMILES string of the molecule is COC1=C(OC)CCC(C(=O)Oc2ccc(C(=O)O)cc2)=C1. The van der Waals surface area contributed by atoms with Crippen molar-refractivity contribution in [2.45, 2.75) is 12.8 Å². The lowest BCUT2D eigenvalue weighted by atomic mass is 10.0. The molecule has 0 spiro atoms. The van der Waals surface area contributed by atoms with Gasteiger partial charge in [-0.25, -0.2) is 9.59 Å². The summed E-state index contributed by atoms with van der Waals surface area (Å²) in [6, 6.07) is 5.64. The van der Waals surface area contributed by atoms with Crippen LogP contribution < -0.4 is 4.74 Å². The van der Waals surface area contributed by atoms with Crippen LogP contribution in [0, 0.1) is 0 Å². The van der Waals surface area contributed by atoms with E-state index in [9.17, 15) is 9.59 Å². The Morgan fingerprint density at radius 3 is 2.27 bits per heavy atom. The van der Waals surface area contributed by atoms with Crippen molar-refractivity contribution < 1.29 is 28.9 Å². The van der Waals surface area contributed by atoms with Gasteiger partial charge in [0.1, 0.15) is 11.5 Å². The fourth-order valence-electron chi connectivity index (χ4n) is 2.06. The van der Waals surface area contributed by atoms with Crippen LogP contribution in [0.15, 0.2) is 47.4 Å². The molecule has 22 heavy (non-hydrogen) atoms. The Morgan fingerprint density at radius 2 is 1.73 bits per heavy atom. The number of rotatable bonds is 5. The van der Waals surface area contributed by atoms with Crippen LogP contribution >= 0.6 is 0 Å². The molecule has 6 heteroatoms. The lowest BCUT2D eigenvalue weighted by Gasteiger charge is -2.17. The maximum Gasteiger partial charge on any atom is 0.339 e. The van der Waals surface area contributed by atoms with E-state index < -0.39 is 11.9 Å². The highest BCUT2D eigenvalue weighted by Gasteiger charge is 2.21. The number of carboxylic acids is 1. The molecule has 1 N–H and O–H groups in total. The average molecular weight is 304 g/mol. The lowest BCUT2D eigenvalue weighted by Crippen LogP contribution is -2.15. The highest BCUT2D eigenvalue weighted by atomic mass is 16.5. The van der Waals surface area contributed by atoms with E-state index >= 15 is 0 Å². The Bertz CT molecular complexity index is 639. The maximum atomic E-state index is 12.1. The normalized spacial score (nSPS) is 14.2. The van der Waals surface area contributed by atoms with Gasteiger partial charge >= 0.3 is 11.9 Å². The number of esters is 1. The number of carboxylic acid groups (broad SMARTS) is 1. The van der Waals surface area contributed by atoms with E-state index in [4.69, 9.17) is 19.3 Å². The van der Waals surface area contributed by atoms with Crippen LogP contribution in [-0.2, 0) is 14.3 Å². The summed E-state index contributed by atoms with van der Waals surface area (Å²) in [5.74, 6) is -0.0502. The van der Waals surface area contributed by atoms with E-state index in [1.807, 2.05) is 0 Å². The second-order valence-corrected chi connectivity index (χ2v) is 4.58. The molecule has 1 aliphatic rings. The molecule has 0 heterocycles. The minimum Gasteiger partial charge on any atom is -0.497 e. The zero-order valence-corrected chi connectivity index (χ0v) is 12.3. The molecular weight excluding hydrogens is 288 g/mol. The molecule has 6 nitrogen and oxygen atoms in total. The number of hydrogen-bond donors (Lipinski definition) is 1. The summed E-state index contributed by atoms with van der Waals surface area (Å²) in [7, 11) is 3.05. The van der Waals surface area contributed by atoms with Crippen LogP contribution in [0.25, 0.3) is 0 Å². The van der Waals surface area contributed by atoms with Gasteiger partial charge < -0.3 is 19.3 Å². The van der Waals surface area contributed by atoms with Gasteiger partial charge in [0.25, 0.3) is 0 Å². The second-order valence-electron chi connectivity index (χ2n) is 4.58. The van der Waals surface area contributed by atoms with E-state index in [1.165, 1.54) is 31.4 Å². The summed E-state index contributed by atoms with van der Waals surface area (Å²) >= 11 is 0. The summed E-state index contributed by atoms with van der Waals surface area (Å²) in [4.78, 5) is 22.9. The van der Waals surface area contributed by atoms with Gasteiger partial charge in [-0.05, 0) is 36.8 Å². The van der Waals surface area contributed by atoms with Crippen molar-refractivity contribution >= 4 is 11.9 Å². The Hall–Kier alpha value is -2.76. The first kappa shape index (κ1) is 15.6. The molecule has 0 aromatic heterocycles. The summed E-state index contributed by atoms with van der Waals surface area (Å²) < 4.78 is 15.6. The third-order valence-electron chi connectivity index (χ3n) is 3.24. The van der Waals surface area contributed by atoms with Crippen molar-refractivity contribution in [1.29, 1.82) is 0 Å². The largest absolute Gasteiger partial charge is 0.497 e. The first-order valence-corrected chi connectivity index (χ1v) is 6.62. The lowest BCUT2D eigenvalue weighted by molar-refractivity contribution is -0.130. The number of hydrogen-bond acceptors (Lipinski definition) is 5. The molecule has 116 valence electrons. The molecule has 0 bridgehead atoms. The van der Waals surface area contributed by atoms with Crippen molar-refractivity contribution in [1.82, 2.24) is 0 Å². The quantitative estimate of drug-likeness (QED) is 0.665. The van der Waals surface area contributed by atoms with E-state index in [0.717, 1.165) is 0 Å². The molecule has 0 saturated carbocycles. The summed E-state index contributed by atoms with van der Waals surface area (Å²) in [5.41, 5.74) is 0.603. The highest BCUT2D eigenvalue weighted by molar-refractivity contribution is 5.91. The molecule has 0 radical (unpaired) electrons. The number of allylic oxidation sites excluding steroid dienone is 2. The molecular formula is C16H16O6. The molecule has 0 aliphatic heterocycles. The van der Waals surface area contributed by atoms with E-state index in [2.05, 4.69) is 0 Å². The molecule has 0 atom stereocenters. The number of methoxy groups -OCH3 is 2. The topological polar surface area (TPSA) is 82.1 Å². The van der Waals surface area contributed by atoms with Crippen molar-refractivity contribution in [3.63, 3.8) is 0 Å². The molecule has 0 amide bonds. The van der Waals surface area contributed by atoms with E-state index in [0.29, 0.717) is 29.9 Å². The Kier molecular flexibility index (Phi) is 4.83. The van der Waals surface area contributed by atoms with Crippen LogP contribution in [0.5, 0.6) is 5.75 Å². The molecule has 1 aromatic rings. The van der Waals surface area contributed by atoms with Gasteiger partial charge in [-0.1, -0.05) is 0 Å². The summed E-state index contributed by atoms with van der Waals surface area (Å²) in [6.07, 6.45) is 2.64. The predicted octanol–water partition coefficient (Wildman–Crippen LogP) is 2.51. The minimum absolute atomic E-state index is 0.131. The predicted molar refractivity (Wildman–Crippen MR) is 77.4 cm³/mol. The van der Waals surface area contributed by atoms with E-state index in [-0.39, 0.29) is 11.3 Å². The Labute approximate surface area is 127 Å². The van der Waals surface area contributed by atoms with Crippen LogP contribution in [0.3, 0.4) is 0 Å². The van der Waals surface area contributed by atoms with Gasteiger partial charge in [0.15, 0.2) is 5.76 Å². The standard InChI is InChI=1S/C16H16O6/c1-20-13-8-5-11(9-14(13)21-2)16(19)22-12-6-3-10(4-7-12)15(17)18/h3-4,6-7,9H,5,8H2,1-2H3,(H,17,18). The third kappa shape index (κ3) is 3.46. The first-order valence-electron chi connectivity index (χ1n) is 6.62. The third-order valence-corrected chi connectivity index (χ3v) is 3.24. The minimum atomic E-state index is -1.03. The van der Waals surface area contributed by atoms with Gasteiger partial charge in [-0.3, -0.25) is 0 Å². The fraction of sp³-hybridized carbons (Fsp3) is 0.250. The van der Waals surface area contributed by atoms with Gasteiger partial charge in [0, 0.05) is 12.0 Å². The number of carbonyl (C=O) groups is 2. The van der Waals surface area contributed by atoms with Crippen LogP contribution in [-0.4, -0.2) is 31.3 Å². The Morgan fingerprint density at radius 1 is 1.05 bits per heavy atom. The highest BCUT2D eigenvalue weighted by Crippen LogP contribution is 2.26. The smallest absolute Gasteiger partial charge is 0.339 e. The maximum absolute atomic E-state index is 12.1. The fourth-order valence-corrected chi connectivity index (χ4v) is 2.06. The van der Waals surface area contributed by atoms with Crippen molar-refractivity contribution in [3.8, 4) is 5.75 Å². The number of aromatic carboxylic acids is 1. The van der Waals surface area contributed by atoms with Gasteiger partial charge in [0.2, 0.25) is 0 Å². The molecule has 1 aromatic carbocycles. The molecule has 1 aliphatic carbocycles. The van der Waals surface area contributed by atoms with E-state index in [1.54, 1.807) is 13.2 Å². The number of carbonyl (C=O) groups excluding carboxylic acids is 1. The molecule has 0 fully saturated rings.